The van der Waals surface area contributed by atoms with Gasteiger partial charge in [0.25, 0.3) is 0 Å². The lowest BCUT2D eigenvalue weighted by Crippen LogP contribution is -2.17. The lowest BCUT2D eigenvalue weighted by atomic mass is 10.2. The highest BCUT2D eigenvalue weighted by Gasteiger charge is 2.07. The average Bonchev–Trinajstić information content (AvgIpc) is 2.67. The number of rotatable bonds is 2. The second-order valence-electron chi connectivity index (χ2n) is 5.62. The summed E-state index contributed by atoms with van der Waals surface area (Å²) < 4.78 is 0. The Balaban J connectivity index is 1.68. The molecule has 5 nitrogen and oxygen atoms in total. The Kier molecular flexibility index (Phi) is 3.67. The molecule has 4 rings (SSSR count). The molecule has 0 saturated carbocycles. The van der Waals surface area contributed by atoms with Gasteiger partial charge in [-0.25, -0.2) is 15.0 Å². The molecule has 0 aliphatic carbocycles. The zero-order valence-corrected chi connectivity index (χ0v) is 13.3. The van der Waals surface area contributed by atoms with Crippen LogP contribution in [0.25, 0.3) is 21.8 Å². The fourth-order valence-electron chi connectivity index (χ4n) is 2.64. The van der Waals surface area contributed by atoms with E-state index in [0.29, 0.717) is 11.4 Å². The summed E-state index contributed by atoms with van der Waals surface area (Å²) in [6, 6.07) is 23.0. The molecule has 3 N–H and O–H groups in total. The van der Waals surface area contributed by atoms with Crippen LogP contribution >= 0.6 is 0 Å². The molecule has 0 bridgehead atoms. The summed E-state index contributed by atoms with van der Waals surface area (Å²) in [7, 11) is 0. The van der Waals surface area contributed by atoms with E-state index in [2.05, 4.69) is 15.0 Å². The molecule has 2 heterocycles. The second kappa shape index (κ2) is 6.13. The smallest absolute Gasteiger partial charge is 0.172 e. The monoisotopic (exact) mass is 325 g/mol. The van der Waals surface area contributed by atoms with Crippen LogP contribution in [0.3, 0.4) is 0 Å². The van der Waals surface area contributed by atoms with Crippen molar-refractivity contribution in [2.24, 2.45) is 10.7 Å². The Morgan fingerprint density at radius 2 is 1.24 bits per heavy atom. The summed E-state index contributed by atoms with van der Waals surface area (Å²) in [5.41, 5.74) is 8.74. The number of para-hydroxylation sites is 2. The topological polar surface area (TPSA) is 88.0 Å². The van der Waals surface area contributed by atoms with Crippen molar-refractivity contribution in [3.63, 3.8) is 0 Å². The molecule has 2 aromatic heterocycles. The van der Waals surface area contributed by atoms with E-state index < -0.39 is 0 Å². The lowest BCUT2D eigenvalue weighted by molar-refractivity contribution is 1.28. The highest BCUT2D eigenvalue weighted by molar-refractivity contribution is 6.09. The van der Waals surface area contributed by atoms with Crippen molar-refractivity contribution >= 4 is 33.5 Å². The summed E-state index contributed by atoms with van der Waals surface area (Å²) in [5, 5.41) is 10.2. The summed E-state index contributed by atoms with van der Waals surface area (Å²) in [6.45, 7) is 0. The summed E-state index contributed by atoms with van der Waals surface area (Å²) in [5.74, 6) is 0.212. The number of pyridine rings is 2. The van der Waals surface area contributed by atoms with E-state index in [-0.39, 0.29) is 11.7 Å². The lowest BCUT2D eigenvalue weighted by Gasteiger charge is -2.04. The van der Waals surface area contributed by atoms with E-state index in [9.17, 15) is 0 Å². The SMILES string of the molecule is N=C(/N=C(\N)c1ccc2ccccc2n1)c1ccc2ccccc2n1. The molecule has 120 valence electrons. The molecule has 5 heteroatoms. The molecule has 25 heavy (non-hydrogen) atoms. The number of nitrogens with zero attached hydrogens (tertiary/aromatic N) is 3. The van der Waals surface area contributed by atoms with Crippen LogP contribution in [-0.4, -0.2) is 21.6 Å². The Morgan fingerprint density at radius 1 is 0.720 bits per heavy atom. The van der Waals surface area contributed by atoms with E-state index in [1.165, 1.54) is 0 Å². The van der Waals surface area contributed by atoms with Gasteiger partial charge in [0, 0.05) is 10.8 Å². The molecular weight excluding hydrogens is 310 g/mol. The third-order valence-corrected chi connectivity index (χ3v) is 3.93. The minimum Gasteiger partial charge on any atom is -0.382 e. The van der Waals surface area contributed by atoms with Crippen LogP contribution < -0.4 is 5.73 Å². The van der Waals surface area contributed by atoms with Gasteiger partial charge < -0.3 is 5.73 Å². The number of hydrogen-bond acceptors (Lipinski definition) is 3. The first-order chi connectivity index (χ1) is 12.2. The van der Waals surface area contributed by atoms with Crippen LogP contribution in [0, 0.1) is 5.41 Å². The fraction of sp³-hybridized carbons (Fsp3) is 0. The van der Waals surface area contributed by atoms with Gasteiger partial charge in [0.05, 0.1) is 11.0 Å². The number of benzene rings is 2. The molecule has 4 aromatic rings. The van der Waals surface area contributed by atoms with Crippen LogP contribution in [0.5, 0.6) is 0 Å². The van der Waals surface area contributed by atoms with Crippen molar-refractivity contribution in [3.8, 4) is 0 Å². The Labute approximate surface area is 144 Å². The molecule has 0 spiro atoms. The predicted molar refractivity (Wildman–Crippen MR) is 101 cm³/mol. The quantitative estimate of drug-likeness (QED) is 0.436. The normalized spacial score (nSPS) is 11.8. The Bertz CT molecular complexity index is 1130. The first-order valence-electron chi connectivity index (χ1n) is 7.86. The van der Waals surface area contributed by atoms with Crippen molar-refractivity contribution in [1.29, 1.82) is 5.41 Å². The van der Waals surface area contributed by atoms with Crippen LogP contribution in [0.1, 0.15) is 11.4 Å². The van der Waals surface area contributed by atoms with Gasteiger partial charge in [-0.2, -0.15) is 0 Å². The van der Waals surface area contributed by atoms with E-state index in [4.69, 9.17) is 11.1 Å². The molecule has 0 fully saturated rings. The standard InChI is InChI=1S/C20H15N5/c21-19(17-11-9-13-5-1-3-7-15(13)23-17)25-20(22)18-12-10-14-6-2-4-8-16(14)24-18/h1-12H,(H3,21,22,25). The van der Waals surface area contributed by atoms with Gasteiger partial charge >= 0.3 is 0 Å². The minimum atomic E-state index is 0.0122. The van der Waals surface area contributed by atoms with Crippen molar-refractivity contribution < 1.29 is 0 Å². The van der Waals surface area contributed by atoms with E-state index in [0.717, 1.165) is 21.8 Å². The molecule has 2 aromatic carbocycles. The number of nitrogens with one attached hydrogen (secondary N) is 1. The maximum atomic E-state index is 8.19. The van der Waals surface area contributed by atoms with Crippen molar-refractivity contribution in [2.75, 3.05) is 0 Å². The highest BCUT2D eigenvalue weighted by atomic mass is 15.0. The number of aliphatic imine (C=N–C) groups is 1. The van der Waals surface area contributed by atoms with Gasteiger partial charge in [0.2, 0.25) is 0 Å². The number of hydrogen-bond donors (Lipinski definition) is 2. The van der Waals surface area contributed by atoms with Gasteiger partial charge in [-0.15, -0.1) is 0 Å². The maximum Gasteiger partial charge on any atom is 0.172 e. The molecule has 0 saturated heterocycles. The van der Waals surface area contributed by atoms with Gasteiger partial charge in [-0.05, 0) is 24.3 Å². The average molecular weight is 325 g/mol. The largest absolute Gasteiger partial charge is 0.382 e. The first-order valence-corrected chi connectivity index (χ1v) is 7.86. The van der Waals surface area contributed by atoms with Gasteiger partial charge in [0.1, 0.15) is 11.4 Å². The van der Waals surface area contributed by atoms with Crippen LogP contribution in [0.15, 0.2) is 77.8 Å². The van der Waals surface area contributed by atoms with Crippen molar-refractivity contribution in [3.05, 3.63) is 84.2 Å². The molecule has 0 atom stereocenters. The third kappa shape index (κ3) is 2.95. The number of fused-ring (bicyclic) bond motifs is 2. The minimum absolute atomic E-state index is 0.0122. The second-order valence-corrected chi connectivity index (χ2v) is 5.62. The summed E-state index contributed by atoms with van der Waals surface area (Å²) >= 11 is 0. The zero-order valence-electron chi connectivity index (χ0n) is 13.3. The van der Waals surface area contributed by atoms with Gasteiger partial charge in [-0.3, -0.25) is 5.41 Å². The van der Waals surface area contributed by atoms with Crippen LogP contribution in [0.2, 0.25) is 0 Å². The zero-order chi connectivity index (χ0) is 17.2. The molecule has 0 aliphatic rings. The summed E-state index contributed by atoms with van der Waals surface area (Å²) in [6.07, 6.45) is 0. The predicted octanol–water partition coefficient (Wildman–Crippen LogP) is 3.51. The maximum absolute atomic E-state index is 8.19. The highest BCUT2D eigenvalue weighted by Crippen LogP contribution is 2.14. The molecule has 0 amide bonds. The van der Waals surface area contributed by atoms with E-state index in [1.807, 2.05) is 66.7 Å². The number of nitrogens with two attached hydrogens (primary N) is 1. The van der Waals surface area contributed by atoms with Crippen LogP contribution in [-0.2, 0) is 0 Å². The van der Waals surface area contributed by atoms with E-state index in [1.54, 1.807) is 6.07 Å². The van der Waals surface area contributed by atoms with Crippen molar-refractivity contribution in [1.82, 2.24) is 9.97 Å². The molecule has 0 aliphatic heterocycles. The van der Waals surface area contributed by atoms with Gasteiger partial charge in [-0.1, -0.05) is 48.5 Å². The van der Waals surface area contributed by atoms with E-state index >= 15 is 0 Å². The van der Waals surface area contributed by atoms with Crippen molar-refractivity contribution in [2.45, 2.75) is 0 Å². The Hall–Kier alpha value is -3.60. The molecule has 0 radical (unpaired) electrons. The number of aromatic nitrogens is 2. The van der Waals surface area contributed by atoms with Crippen LogP contribution in [0.4, 0.5) is 0 Å². The molecule has 0 unspecified atom stereocenters. The number of amidine groups is 2. The van der Waals surface area contributed by atoms with Gasteiger partial charge in [0.15, 0.2) is 11.7 Å². The first kappa shape index (κ1) is 15.0. The fourth-order valence-corrected chi connectivity index (χ4v) is 2.64. The third-order valence-electron chi connectivity index (χ3n) is 3.93. The summed E-state index contributed by atoms with van der Waals surface area (Å²) in [4.78, 5) is 13.1. The molecular formula is C20H15N5. The Morgan fingerprint density at radius 3 is 1.88 bits per heavy atom.